The first-order valence-corrected chi connectivity index (χ1v) is 8.24. The Morgan fingerprint density at radius 2 is 1.96 bits per heavy atom. The molecule has 0 saturated carbocycles. The lowest BCUT2D eigenvalue weighted by atomic mass is 10.2. The maximum atomic E-state index is 11.1. The van der Waals surface area contributed by atoms with Crippen molar-refractivity contribution < 1.29 is 27.2 Å². The van der Waals surface area contributed by atoms with Crippen molar-refractivity contribution in [2.24, 2.45) is 0 Å². The zero-order valence-electron chi connectivity index (χ0n) is 12.3. The molecule has 122 valence electrons. The van der Waals surface area contributed by atoms with Crippen LogP contribution in [0.3, 0.4) is 0 Å². The molecule has 2 heterocycles. The van der Waals surface area contributed by atoms with Gasteiger partial charge in [0.2, 0.25) is 0 Å². The molecule has 7 nitrogen and oxygen atoms in total. The number of sulfonamides is 1. The molecule has 23 heavy (non-hydrogen) atoms. The normalized spacial score (nSPS) is 14.4. The molecule has 0 radical (unpaired) electrons. The maximum absolute atomic E-state index is 11.1. The van der Waals surface area contributed by atoms with Gasteiger partial charge >= 0.3 is 0 Å². The molecule has 0 atom stereocenters. The van der Waals surface area contributed by atoms with Gasteiger partial charge in [0, 0.05) is 6.61 Å². The molecule has 8 heteroatoms. The summed E-state index contributed by atoms with van der Waals surface area (Å²) >= 11 is 0. The van der Waals surface area contributed by atoms with Crippen LogP contribution in [0.15, 0.2) is 45.7 Å². The topological polar surface area (TPSA) is 103 Å². The van der Waals surface area contributed by atoms with Crippen LogP contribution in [-0.4, -0.2) is 27.2 Å². The van der Waals surface area contributed by atoms with E-state index in [1.54, 1.807) is 24.3 Å². The Bertz CT molecular complexity index is 809. The Balaban J connectivity index is 0.000000168. The Hall–Kier alpha value is -2.45. The summed E-state index contributed by atoms with van der Waals surface area (Å²) in [7, 11) is -3.55. The number of carbonyl (C=O) groups is 2. The highest BCUT2D eigenvalue weighted by molar-refractivity contribution is 7.90. The van der Waals surface area contributed by atoms with Gasteiger partial charge in [0.1, 0.15) is 17.3 Å². The van der Waals surface area contributed by atoms with Gasteiger partial charge in [0.05, 0.1) is 5.56 Å². The number of furan rings is 1. The number of benzene rings is 1. The molecule has 0 fully saturated rings. The van der Waals surface area contributed by atoms with Crippen LogP contribution in [0, 0.1) is 0 Å². The summed E-state index contributed by atoms with van der Waals surface area (Å²) in [5.74, 6) is 0.485. The molecule has 1 aromatic heterocycles. The first-order chi connectivity index (χ1) is 11.0. The monoisotopic (exact) mass is 337 g/mol. The van der Waals surface area contributed by atoms with E-state index in [2.05, 4.69) is 0 Å². The molecule has 1 aromatic carbocycles. The SMILES string of the molecule is CCOCc1ccc(C=O)o1.O=C1NS(=O)(=O)c2ccccc21. The molecule has 1 aliphatic heterocycles. The molecule has 1 aliphatic rings. The van der Waals surface area contributed by atoms with Crippen LogP contribution >= 0.6 is 0 Å². The predicted molar refractivity (Wildman–Crippen MR) is 80.5 cm³/mol. The fourth-order valence-electron chi connectivity index (χ4n) is 1.86. The summed E-state index contributed by atoms with van der Waals surface area (Å²) in [6.07, 6.45) is 0.676. The van der Waals surface area contributed by atoms with Crippen LogP contribution in [0.1, 0.15) is 33.6 Å². The molecular weight excluding hydrogens is 322 g/mol. The highest BCUT2D eigenvalue weighted by atomic mass is 32.2. The first kappa shape index (κ1) is 16.9. The van der Waals surface area contributed by atoms with E-state index in [4.69, 9.17) is 9.15 Å². The molecule has 0 spiro atoms. The summed E-state index contributed by atoms with van der Waals surface area (Å²) in [5.41, 5.74) is 0.220. The van der Waals surface area contributed by atoms with Gasteiger partial charge in [-0.05, 0) is 31.2 Å². The second-order valence-corrected chi connectivity index (χ2v) is 6.14. The number of amides is 1. The van der Waals surface area contributed by atoms with Gasteiger partial charge in [0.25, 0.3) is 15.9 Å². The minimum Gasteiger partial charge on any atom is -0.456 e. The van der Waals surface area contributed by atoms with Crippen LogP contribution in [-0.2, 0) is 21.4 Å². The van der Waals surface area contributed by atoms with E-state index in [1.807, 2.05) is 11.6 Å². The highest BCUT2D eigenvalue weighted by Crippen LogP contribution is 2.20. The number of hydrogen-bond acceptors (Lipinski definition) is 6. The number of rotatable bonds is 4. The number of aldehydes is 1. The number of nitrogens with one attached hydrogen (secondary N) is 1. The highest BCUT2D eigenvalue weighted by Gasteiger charge is 2.31. The van der Waals surface area contributed by atoms with Crippen LogP contribution in [0.5, 0.6) is 0 Å². The fraction of sp³-hybridized carbons (Fsp3) is 0.200. The molecule has 1 N–H and O–H groups in total. The van der Waals surface area contributed by atoms with Crippen molar-refractivity contribution in [1.29, 1.82) is 0 Å². The quantitative estimate of drug-likeness (QED) is 0.853. The number of ether oxygens (including phenoxy) is 1. The third-order valence-electron chi connectivity index (χ3n) is 2.90. The second-order valence-electron chi connectivity index (χ2n) is 4.49. The van der Waals surface area contributed by atoms with Crippen LogP contribution in [0.25, 0.3) is 0 Å². The van der Waals surface area contributed by atoms with Crippen molar-refractivity contribution in [2.45, 2.75) is 18.4 Å². The van der Waals surface area contributed by atoms with Gasteiger partial charge in [0.15, 0.2) is 12.0 Å². The van der Waals surface area contributed by atoms with Crippen molar-refractivity contribution in [3.8, 4) is 0 Å². The molecule has 1 amide bonds. The molecule has 0 bridgehead atoms. The molecule has 2 aromatic rings. The smallest absolute Gasteiger partial charge is 0.266 e. The van der Waals surface area contributed by atoms with E-state index in [0.29, 0.717) is 31.0 Å². The van der Waals surface area contributed by atoms with Gasteiger partial charge in [-0.2, -0.15) is 0 Å². The van der Waals surface area contributed by atoms with Crippen molar-refractivity contribution in [3.05, 3.63) is 53.5 Å². The largest absolute Gasteiger partial charge is 0.456 e. The third kappa shape index (κ3) is 4.05. The first-order valence-electron chi connectivity index (χ1n) is 6.75. The van der Waals surface area contributed by atoms with E-state index in [-0.39, 0.29) is 10.5 Å². The minimum absolute atomic E-state index is 0.0648. The molecule has 3 rings (SSSR count). The maximum Gasteiger partial charge on any atom is 0.266 e. The molecule has 0 aliphatic carbocycles. The van der Waals surface area contributed by atoms with E-state index >= 15 is 0 Å². The molecule has 0 saturated heterocycles. The summed E-state index contributed by atoms with van der Waals surface area (Å²) in [6, 6.07) is 9.45. The van der Waals surface area contributed by atoms with Crippen LogP contribution < -0.4 is 4.72 Å². The second kappa shape index (κ2) is 7.21. The summed E-state index contributed by atoms with van der Waals surface area (Å²) < 4.78 is 34.3. The van der Waals surface area contributed by atoms with Crippen LogP contribution in [0.4, 0.5) is 0 Å². The number of fused-ring (bicyclic) bond motifs is 1. The Morgan fingerprint density at radius 1 is 1.22 bits per heavy atom. The standard InChI is InChI=1S/C8H10O3.C7H5NO3S/c1-2-10-6-8-4-3-7(5-9)11-8;9-7-5-3-1-2-4-6(5)12(10,11)8-7/h3-5H,2,6H2,1H3;1-4H,(H,8,9). The Labute approximate surface area is 133 Å². The van der Waals surface area contributed by atoms with Crippen molar-refractivity contribution in [1.82, 2.24) is 4.72 Å². The summed E-state index contributed by atoms with van der Waals surface area (Å²) in [6.45, 7) is 2.99. The zero-order valence-corrected chi connectivity index (χ0v) is 13.1. The van der Waals surface area contributed by atoms with Gasteiger partial charge < -0.3 is 9.15 Å². The number of carbonyl (C=O) groups excluding carboxylic acids is 2. The lowest BCUT2D eigenvalue weighted by Gasteiger charge is -1.94. The van der Waals surface area contributed by atoms with Crippen molar-refractivity contribution in [2.75, 3.05) is 6.61 Å². The molecular formula is C15H15NO6S. The summed E-state index contributed by atoms with van der Waals surface area (Å²) in [5, 5.41) is 0. The fourth-order valence-corrected chi connectivity index (χ4v) is 3.03. The minimum atomic E-state index is -3.55. The van der Waals surface area contributed by atoms with E-state index in [1.165, 1.54) is 12.1 Å². The lowest BCUT2D eigenvalue weighted by Crippen LogP contribution is -2.20. The third-order valence-corrected chi connectivity index (χ3v) is 4.28. The summed E-state index contributed by atoms with van der Waals surface area (Å²) in [4.78, 5) is 21.2. The average Bonchev–Trinajstić information content (AvgIpc) is 3.09. The average molecular weight is 337 g/mol. The molecule has 0 unspecified atom stereocenters. The van der Waals surface area contributed by atoms with Gasteiger partial charge in [-0.25, -0.2) is 13.1 Å². The predicted octanol–water partition coefficient (Wildman–Crippen LogP) is 1.75. The number of hydrogen-bond donors (Lipinski definition) is 1. The van der Waals surface area contributed by atoms with Crippen LogP contribution in [0.2, 0.25) is 0 Å². The van der Waals surface area contributed by atoms with Gasteiger partial charge in [-0.3, -0.25) is 9.59 Å². The Kier molecular flexibility index (Phi) is 5.30. The van der Waals surface area contributed by atoms with Crippen molar-refractivity contribution >= 4 is 22.2 Å². The zero-order chi connectivity index (χ0) is 16.9. The van der Waals surface area contributed by atoms with E-state index in [9.17, 15) is 18.0 Å². The lowest BCUT2D eigenvalue weighted by molar-refractivity contribution is 0.0984. The van der Waals surface area contributed by atoms with E-state index in [0.717, 1.165) is 0 Å². The van der Waals surface area contributed by atoms with Gasteiger partial charge in [-0.1, -0.05) is 12.1 Å². The van der Waals surface area contributed by atoms with Crippen molar-refractivity contribution in [3.63, 3.8) is 0 Å². The van der Waals surface area contributed by atoms with Gasteiger partial charge in [-0.15, -0.1) is 0 Å². The van der Waals surface area contributed by atoms with E-state index < -0.39 is 15.9 Å². The Morgan fingerprint density at radius 3 is 2.57 bits per heavy atom.